The number of hydrogen-bond acceptors (Lipinski definition) is 7. The number of hydrogen-bond donors (Lipinski definition) is 1. The van der Waals surface area contributed by atoms with Gasteiger partial charge in [0.15, 0.2) is 0 Å². The number of nitrogens with one attached hydrogen (secondary N) is 1. The Hall–Kier alpha value is -2.39. The topological polar surface area (TPSA) is 67.8 Å². The summed E-state index contributed by atoms with van der Waals surface area (Å²) < 4.78 is 0. The van der Waals surface area contributed by atoms with E-state index < -0.39 is 0 Å². The van der Waals surface area contributed by atoms with E-state index in [1.54, 1.807) is 0 Å². The van der Waals surface area contributed by atoms with Gasteiger partial charge in [-0.3, -0.25) is 5.32 Å². The van der Waals surface area contributed by atoms with Crippen LogP contribution in [0.4, 0.5) is 21.6 Å². The summed E-state index contributed by atoms with van der Waals surface area (Å²) in [6.07, 6.45) is 0. The molecule has 2 aliphatic rings. The Bertz CT molecular complexity index is 797. The van der Waals surface area contributed by atoms with Crippen molar-refractivity contribution in [3.63, 3.8) is 0 Å². The molecule has 28 heavy (non-hydrogen) atoms. The van der Waals surface area contributed by atoms with E-state index >= 15 is 0 Å². The molecule has 0 aromatic carbocycles. The SMILES string of the molecule is Cc1cc(N2CCN(C)CC2)nc(N2CCN(C(=O)Nc3cccs3)CC2)n1. The molecule has 9 heteroatoms. The fraction of sp³-hybridized carbons (Fsp3) is 0.526. The van der Waals surface area contributed by atoms with E-state index in [4.69, 9.17) is 4.98 Å². The molecule has 2 aromatic rings. The van der Waals surface area contributed by atoms with Gasteiger partial charge < -0.3 is 19.6 Å². The van der Waals surface area contributed by atoms with E-state index in [0.717, 1.165) is 61.7 Å². The van der Waals surface area contributed by atoms with Crippen LogP contribution in [-0.4, -0.2) is 85.2 Å². The Kier molecular flexibility index (Phi) is 5.63. The lowest BCUT2D eigenvalue weighted by Crippen LogP contribution is -2.50. The third-order valence-corrected chi connectivity index (χ3v) is 6.04. The minimum Gasteiger partial charge on any atom is -0.354 e. The van der Waals surface area contributed by atoms with E-state index in [9.17, 15) is 4.79 Å². The van der Waals surface area contributed by atoms with Crippen molar-refractivity contribution in [3.8, 4) is 0 Å². The van der Waals surface area contributed by atoms with Crippen molar-refractivity contribution in [2.24, 2.45) is 0 Å². The van der Waals surface area contributed by atoms with Gasteiger partial charge in [-0.25, -0.2) is 9.78 Å². The van der Waals surface area contributed by atoms with Crippen molar-refractivity contribution in [1.82, 2.24) is 19.8 Å². The highest BCUT2D eigenvalue weighted by Crippen LogP contribution is 2.21. The van der Waals surface area contributed by atoms with E-state index in [1.165, 1.54) is 11.3 Å². The van der Waals surface area contributed by atoms with Gasteiger partial charge in [0.1, 0.15) is 5.82 Å². The van der Waals surface area contributed by atoms with Crippen LogP contribution in [0.15, 0.2) is 23.6 Å². The van der Waals surface area contributed by atoms with Crippen LogP contribution in [-0.2, 0) is 0 Å². The Morgan fingerprint density at radius 2 is 1.75 bits per heavy atom. The van der Waals surface area contributed by atoms with Crippen molar-refractivity contribution < 1.29 is 4.79 Å². The zero-order valence-corrected chi connectivity index (χ0v) is 17.3. The quantitative estimate of drug-likeness (QED) is 0.848. The largest absolute Gasteiger partial charge is 0.354 e. The predicted octanol–water partition coefficient (Wildman–Crippen LogP) is 1.95. The molecule has 2 saturated heterocycles. The number of urea groups is 1. The average Bonchev–Trinajstić information content (AvgIpc) is 3.21. The van der Waals surface area contributed by atoms with E-state index in [0.29, 0.717) is 13.1 Å². The van der Waals surface area contributed by atoms with Crippen LogP contribution in [0.25, 0.3) is 0 Å². The number of carbonyl (C=O) groups excluding carboxylic acids is 1. The number of likely N-dealkylation sites (N-methyl/N-ethyl adjacent to an activating group) is 1. The first-order chi connectivity index (χ1) is 13.6. The maximum atomic E-state index is 12.4. The number of aryl methyl sites for hydroxylation is 1. The van der Waals surface area contributed by atoms with Gasteiger partial charge in [-0.05, 0) is 31.5 Å². The zero-order chi connectivity index (χ0) is 19.5. The number of piperazine rings is 2. The molecule has 0 radical (unpaired) electrons. The first-order valence-electron chi connectivity index (χ1n) is 9.72. The lowest BCUT2D eigenvalue weighted by molar-refractivity contribution is 0.208. The molecular formula is C19H27N7OS. The summed E-state index contributed by atoms with van der Waals surface area (Å²) in [4.78, 5) is 30.6. The van der Waals surface area contributed by atoms with Crippen LogP contribution < -0.4 is 15.1 Å². The van der Waals surface area contributed by atoms with Gasteiger partial charge >= 0.3 is 6.03 Å². The van der Waals surface area contributed by atoms with Gasteiger partial charge in [-0.1, -0.05) is 0 Å². The van der Waals surface area contributed by atoms with Gasteiger partial charge in [0, 0.05) is 64.1 Å². The summed E-state index contributed by atoms with van der Waals surface area (Å²) in [5.41, 5.74) is 0.983. The predicted molar refractivity (Wildman–Crippen MR) is 114 cm³/mol. The summed E-state index contributed by atoms with van der Waals surface area (Å²) in [7, 11) is 2.15. The minimum absolute atomic E-state index is 0.0367. The molecule has 4 heterocycles. The van der Waals surface area contributed by atoms with Crippen LogP contribution in [0, 0.1) is 6.92 Å². The molecule has 2 aromatic heterocycles. The molecule has 0 bridgehead atoms. The van der Waals surface area contributed by atoms with Crippen LogP contribution in [0.5, 0.6) is 0 Å². The standard InChI is InChI=1S/C19H27N7OS/c1-15-14-16(24-7-5-23(2)6-8-24)21-18(20-15)25-9-11-26(12-10-25)19(27)22-17-4-3-13-28-17/h3-4,13-14H,5-12H2,1-2H3,(H,22,27). The molecule has 2 aliphatic heterocycles. The molecule has 150 valence electrons. The molecule has 0 atom stereocenters. The van der Waals surface area contributed by atoms with Gasteiger partial charge in [0.05, 0.1) is 5.00 Å². The molecule has 0 saturated carbocycles. The Morgan fingerprint density at radius 1 is 1.04 bits per heavy atom. The van der Waals surface area contributed by atoms with Crippen LogP contribution in [0.1, 0.15) is 5.69 Å². The van der Waals surface area contributed by atoms with Gasteiger partial charge in [-0.15, -0.1) is 11.3 Å². The van der Waals surface area contributed by atoms with Crippen LogP contribution >= 0.6 is 11.3 Å². The second kappa shape index (κ2) is 8.32. The summed E-state index contributed by atoms with van der Waals surface area (Å²) in [6.45, 7) is 8.91. The monoisotopic (exact) mass is 401 g/mol. The summed E-state index contributed by atoms with van der Waals surface area (Å²) in [6, 6.07) is 5.88. The molecule has 2 fully saturated rings. The van der Waals surface area contributed by atoms with Crippen molar-refractivity contribution >= 4 is 34.1 Å². The number of carbonyl (C=O) groups is 1. The number of anilines is 3. The average molecular weight is 402 g/mol. The molecule has 1 N–H and O–H groups in total. The number of aromatic nitrogens is 2. The Morgan fingerprint density at radius 3 is 2.43 bits per heavy atom. The molecule has 0 aliphatic carbocycles. The van der Waals surface area contributed by atoms with Crippen molar-refractivity contribution in [2.75, 3.05) is 74.5 Å². The molecule has 4 rings (SSSR count). The minimum atomic E-state index is -0.0367. The molecular weight excluding hydrogens is 374 g/mol. The van der Waals surface area contributed by atoms with Gasteiger partial charge in [0.25, 0.3) is 0 Å². The van der Waals surface area contributed by atoms with Crippen LogP contribution in [0.2, 0.25) is 0 Å². The fourth-order valence-electron chi connectivity index (χ4n) is 3.52. The fourth-order valence-corrected chi connectivity index (χ4v) is 4.13. The van der Waals surface area contributed by atoms with Crippen molar-refractivity contribution in [2.45, 2.75) is 6.92 Å². The summed E-state index contributed by atoms with van der Waals surface area (Å²) in [5.74, 6) is 1.78. The Labute approximate surface area is 169 Å². The third kappa shape index (κ3) is 4.36. The molecule has 0 unspecified atom stereocenters. The molecule has 0 spiro atoms. The third-order valence-electron chi connectivity index (χ3n) is 5.26. The van der Waals surface area contributed by atoms with Crippen molar-refractivity contribution in [3.05, 3.63) is 29.3 Å². The zero-order valence-electron chi connectivity index (χ0n) is 16.5. The van der Waals surface area contributed by atoms with E-state index in [2.05, 4.69) is 38.1 Å². The van der Waals surface area contributed by atoms with Crippen molar-refractivity contribution in [1.29, 1.82) is 0 Å². The second-order valence-electron chi connectivity index (χ2n) is 7.34. The van der Waals surface area contributed by atoms with E-state index in [1.807, 2.05) is 29.3 Å². The lowest BCUT2D eigenvalue weighted by atomic mass is 10.3. The highest BCUT2D eigenvalue weighted by Gasteiger charge is 2.24. The highest BCUT2D eigenvalue weighted by atomic mass is 32.1. The number of amides is 2. The molecule has 8 nitrogen and oxygen atoms in total. The first kappa shape index (κ1) is 18.9. The molecule has 2 amide bonds. The number of thiophene rings is 1. The maximum Gasteiger partial charge on any atom is 0.322 e. The smallest absolute Gasteiger partial charge is 0.322 e. The normalized spacial score (nSPS) is 18.4. The number of rotatable bonds is 3. The first-order valence-corrected chi connectivity index (χ1v) is 10.6. The maximum absolute atomic E-state index is 12.4. The Balaban J connectivity index is 1.38. The second-order valence-corrected chi connectivity index (χ2v) is 8.29. The van der Waals surface area contributed by atoms with E-state index in [-0.39, 0.29) is 6.03 Å². The summed E-state index contributed by atoms with van der Waals surface area (Å²) in [5, 5.41) is 5.80. The lowest BCUT2D eigenvalue weighted by Gasteiger charge is -2.36. The van der Waals surface area contributed by atoms with Gasteiger partial charge in [0.2, 0.25) is 5.95 Å². The number of nitrogens with zero attached hydrogens (tertiary/aromatic N) is 6. The van der Waals surface area contributed by atoms with Gasteiger partial charge in [-0.2, -0.15) is 4.98 Å². The van der Waals surface area contributed by atoms with Crippen LogP contribution in [0.3, 0.4) is 0 Å². The summed E-state index contributed by atoms with van der Waals surface area (Å²) >= 11 is 1.53. The highest BCUT2D eigenvalue weighted by molar-refractivity contribution is 7.14.